The molecule has 104 valence electrons. The molecule has 4 heteroatoms. The van der Waals surface area contributed by atoms with Gasteiger partial charge < -0.3 is 10.6 Å². The number of hydrogen-bond donors (Lipinski definition) is 2. The van der Waals surface area contributed by atoms with Gasteiger partial charge in [-0.15, -0.1) is 0 Å². The van der Waals surface area contributed by atoms with Gasteiger partial charge in [0.05, 0.1) is 17.3 Å². The van der Waals surface area contributed by atoms with Gasteiger partial charge in [0, 0.05) is 5.69 Å². The zero-order valence-electron chi connectivity index (χ0n) is 11.5. The smallest absolute Gasteiger partial charge is 0.243 e. The molecule has 2 aromatic rings. The Morgan fingerprint density at radius 1 is 1.05 bits per heavy atom. The summed E-state index contributed by atoms with van der Waals surface area (Å²) in [7, 11) is 0. The molecule has 0 fully saturated rings. The molecule has 0 bridgehead atoms. The van der Waals surface area contributed by atoms with E-state index in [1.54, 1.807) is 0 Å². The maximum atomic E-state index is 11.8. The van der Waals surface area contributed by atoms with Crippen LogP contribution in [0.25, 0.3) is 0 Å². The van der Waals surface area contributed by atoms with Gasteiger partial charge in [-0.25, -0.2) is 0 Å². The van der Waals surface area contributed by atoms with Crippen LogP contribution >= 0.6 is 11.6 Å². The average molecular weight is 289 g/mol. The van der Waals surface area contributed by atoms with Gasteiger partial charge in [0.1, 0.15) is 0 Å². The molecule has 1 amide bonds. The molecule has 0 atom stereocenters. The number of anilines is 2. The molecule has 2 N–H and O–H groups in total. The third-order valence-corrected chi connectivity index (χ3v) is 3.21. The SMILES string of the molecule is Cc1ccc(NC(=O)CNc2ccc(C)cc2Cl)cc1. The molecule has 0 aliphatic carbocycles. The lowest BCUT2D eigenvalue weighted by Crippen LogP contribution is -2.21. The van der Waals surface area contributed by atoms with Crippen molar-refractivity contribution in [3.05, 3.63) is 58.6 Å². The monoisotopic (exact) mass is 288 g/mol. The number of rotatable bonds is 4. The fraction of sp³-hybridized carbons (Fsp3) is 0.188. The summed E-state index contributed by atoms with van der Waals surface area (Å²) in [6, 6.07) is 13.4. The molecule has 0 saturated carbocycles. The van der Waals surface area contributed by atoms with Crippen LogP contribution in [0.1, 0.15) is 11.1 Å². The summed E-state index contributed by atoms with van der Waals surface area (Å²) in [5.41, 5.74) is 3.80. The molecule has 0 aliphatic heterocycles. The largest absolute Gasteiger partial charge is 0.375 e. The maximum Gasteiger partial charge on any atom is 0.243 e. The zero-order valence-corrected chi connectivity index (χ0v) is 12.3. The van der Waals surface area contributed by atoms with Crippen molar-refractivity contribution in [2.45, 2.75) is 13.8 Å². The Morgan fingerprint density at radius 2 is 1.70 bits per heavy atom. The fourth-order valence-electron chi connectivity index (χ4n) is 1.78. The van der Waals surface area contributed by atoms with E-state index in [0.29, 0.717) is 5.02 Å². The summed E-state index contributed by atoms with van der Waals surface area (Å²) < 4.78 is 0. The van der Waals surface area contributed by atoms with Crippen LogP contribution in [-0.2, 0) is 4.79 Å². The van der Waals surface area contributed by atoms with E-state index in [9.17, 15) is 4.79 Å². The second-order valence-electron chi connectivity index (χ2n) is 4.75. The number of benzene rings is 2. The van der Waals surface area contributed by atoms with Crippen molar-refractivity contribution in [2.24, 2.45) is 0 Å². The second kappa shape index (κ2) is 6.44. The highest BCUT2D eigenvalue weighted by Gasteiger charge is 2.04. The lowest BCUT2D eigenvalue weighted by molar-refractivity contribution is -0.114. The molecular formula is C16H17ClN2O. The minimum atomic E-state index is -0.106. The first-order chi connectivity index (χ1) is 9.54. The van der Waals surface area contributed by atoms with Crippen molar-refractivity contribution in [2.75, 3.05) is 17.2 Å². The maximum absolute atomic E-state index is 11.8. The Balaban J connectivity index is 1.90. The summed E-state index contributed by atoms with van der Waals surface area (Å²) in [5, 5.41) is 6.47. The van der Waals surface area contributed by atoms with Crippen LogP contribution in [-0.4, -0.2) is 12.5 Å². The molecule has 20 heavy (non-hydrogen) atoms. The van der Waals surface area contributed by atoms with Crippen LogP contribution in [0.2, 0.25) is 5.02 Å². The Morgan fingerprint density at radius 3 is 2.35 bits per heavy atom. The molecule has 0 aliphatic rings. The summed E-state index contributed by atoms with van der Waals surface area (Å²) in [4.78, 5) is 11.8. The van der Waals surface area contributed by atoms with Crippen molar-refractivity contribution in [1.82, 2.24) is 0 Å². The molecule has 0 heterocycles. The van der Waals surface area contributed by atoms with Crippen molar-refractivity contribution in [3.63, 3.8) is 0 Å². The number of aryl methyl sites for hydroxylation is 2. The first-order valence-electron chi connectivity index (χ1n) is 6.41. The topological polar surface area (TPSA) is 41.1 Å². The lowest BCUT2D eigenvalue weighted by Gasteiger charge is -2.10. The first kappa shape index (κ1) is 14.4. The van der Waals surface area contributed by atoms with E-state index in [1.165, 1.54) is 0 Å². The van der Waals surface area contributed by atoms with Crippen molar-refractivity contribution in [1.29, 1.82) is 0 Å². The zero-order chi connectivity index (χ0) is 14.5. The molecule has 0 saturated heterocycles. The number of nitrogens with one attached hydrogen (secondary N) is 2. The predicted molar refractivity (Wildman–Crippen MR) is 84.5 cm³/mol. The number of halogens is 1. The second-order valence-corrected chi connectivity index (χ2v) is 5.16. The molecule has 2 rings (SSSR count). The minimum absolute atomic E-state index is 0.106. The van der Waals surface area contributed by atoms with Crippen molar-refractivity contribution >= 4 is 28.9 Å². The van der Waals surface area contributed by atoms with Gasteiger partial charge in [-0.05, 0) is 43.7 Å². The molecule has 0 radical (unpaired) electrons. The molecule has 3 nitrogen and oxygen atoms in total. The van der Waals surface area contributed by atoms with Gasteiger partial charge in [-0.2, -0.15) is 0 Å². The third-order valence-electron chi connectivity index (χ3n) is 2.90. The lowest BCUT2D eigenvalue weighted by atomic mass is 10.2. The van der Waals surface area contributed by atoms with E-state index >= 15 is 0 Å². The van der Waals surface area contributed by atoms with Gasteiger partial charge in [0.15, 0.2) is 0 Å². The van der Waals surface area contributed by atoms with Gasteiger partial charge in [-0.3, -0.25) is 4.79 Å². The number of hydrogen-bond acceptors (Lipinski definition) is 2. The van der Waals surface area contributed by atoms with Gasteiger partial charge in [0.25, 0.3) is 0 Å². The van der Waals surface area contributed by atoms with Crippen LogP contribution in [0.3, 0.4) is 0 Å². The highest BCUT2D eigenvalue weighted by Crippen LogP contribution is 2.22. The van der Waals surface area contributed by atoms with Crippen LogP contribution in [0.4, 0.5) is 11.4 Å². The Bertz CT molecular complexity index is 608. The fourth-order valence-corrected chi connectivity index (χ4v) is 2.08. The standard InChI is InChI=1S/C16H17ClN2O/c1-11-3-6-13(7-4-11)19-16(20)10-18-15-8-5-12(2)9-14(15)17/h3-9,18H,10H2,1-2H3,(H,19,20). The summed E-state index contributed by atoms with van der Waals surface area (Å²) in [6.07, 6.45) is 0. The first-order valence-corrected chi connectivity index (χ1v) is 6.79. The molecule has 0 spiro atoms. The van der Waals surface area contributed by atoms with E-state index in [4.69, 9.17) is 11.6 Å². The van der Waals surface area contributed by atoms with Crippen LogP contribution in [0.15, 0.2) is 42.5 Å². The van der Waals surface area contributed by atoms with Gasteiger partial charge in [-0.1, -0.05) is 35.4 Å². The van der Waals surface area contributed by atoms with Crippen molar-refractivity contribution < 1.29 is 4.79 Å². The molecule has 2 aromatic carbocycles. The number of amides is 1. The summed E-state index contributed by atoms with van der Waals surface area (Å²) >= 11 is 6.10. The van der Waals surface area contributed by atoms with E-state index in [1.807, 2.05) is 56.3 Å². The van der Waals surface area contributed by atoms with Gasteiger partial charge >= 0.3 is 0 Å². The van der Waals surface area contributed by atoms with E-state index in [0.717, 1.165) is 22.5 Å². The van der Waals surface area contributed by atoms with Crippen molar-refractivity contribution in [3.8, 4) is 0 Å². The van der Waals surface area contributed by atoms with E-state index in [-0.39, 0.29) is 12.5 Å². The quantitative estimate of drug-likeness (QED) is 0.892. The number of carbonyl (C=O) groups excluding carboxylic acids is 1. The molecule has 0 aromatic heterocycles. The highest BCUT2D eigenvalue weighted by molar-refractivity contribution is 6.33. The third kappa shape index (κ3) is 4.00. The summed E-state index contributed by atoms with van der Waals surface area (Å²) in [6.45, 7) is 4.16. The average Bonchev–Trinajstić information content (AvgIpc) is 2.40. The Labute approximate surface area is 124 Å². The van der Waals surface area contributed by atoms with E-state index in [2.05, 4.69) is 10.6 Å². The Hall–Kier alpha value is -2.00. The van der Waals surface area contributed by atoms with E-state index < -0.39 is 0 Å². The van der Waals surface area contributed by atoms with Crippen LogP contribution in [0, 0.1) is 13.8 Å². The highest BCUT2D eigenvalue weighted by atomic mass is 35.5. The molecule has 0 unspecified atom stereocenters. The van der Waals surface area contributed by atoms with Gasteiger partial charge in [0.2, 0.25) is 5.91 Å². The number of carbonyl (C=O) groups is 1. The Kier molecular flexibility index (Phi) is 4.64. The van der Waals surface area contributed by atoms with Crippen LogP contribution in [0.5, 0.6) is 0 Å². The predicted octanol–water partition coefficient (Wildman–Crippen LogP) is 4.01. The summed E-state index contributed by atoms with van der Waals surface area (Å²) in [5.74, 6) is -0.106. The van der Waals surface area contributed by atoms with Crippen LogP contribution < -0.4 is 10.6 Å². The molecular weight excluding hydrogens is 272 g/mol. The minimum Gasteiger partial charge on any atom is -0.375 e. The normalized spacial score (nSPS) is 10.2.